The van der Waals surface area contributed by atoms with Crippen LogP contribution in [-0.4, -0.2) is 47.0 Å². The Morgan fingerprint density at radius 3 is 2.83 bits per heavy atom. The first-order valence-corrected chi connectivity index (χ1v) is 9.82. The molecule has 5 nitrogen and oxygen atoms in total. The van der Waals surface area contributed by atoms with E-state index in [4.69, 9.17) is 0 Å². The molecule has 128 valence electrons. The highest BCUT2D eigenvalue weighted by Gasteiger charge is 2.31. The average Bonchev–Trinajstić information content (AvgIpc) is 3.10. The van der Waals surface area contributed by atoms with Crippen LogP contribution in [0.1, 0.15) is 32.6 Å². The Hall–Kier alpha value is -1.69. The Morgan fingerprint density at radius 1 is 1.21 bits per heavy atom. The number of thiophene rings is 1. The number of hydrogen-bond acceptors (Lipinski definition) is 5. The van der Waals surface area contributed by atoms with Gasteiger partial charge < -0.3 is 9.80 Å². The quantitative estimate of drug-likeness (QED) is 0.840. The third-order valence-corrected chi connectivity index (χ3v) is 6.24. The van der Waals surface area contributed by atoms with Gasteiger partial charge in [0.2, 0.25) is 5.91 Å². The number of hydrogen-bond donors (Lipinski definition) is 0. The van der Waals surface area contributed by atoms with Crippen molar-refractivity contribution in [3.05, 3.63) is 17.8 Å². The molecule has 0 saturated carbocycles. The van der Waals surface area contributed by atoms with E-state index in [2.05, 4.69) is 32.1 Å². The highest BCUT2D eigenvalue weighted by molar-refractivity contribution is 7.17. The zero-order valence-electron chi connectivity index (χ0n) is 14.1. The van der Waals surface area contributed by atoms with Crippen molar-refractivity contribution in [1.29, 1.82) is 0 Å². The summed E-state index contributed by atoms with van der Waals surface area (Å²) in [5.41, 5.74) is 1.02. The molecule has 2 aromatic rings. The summed E-state index contributed by atoms with van der Waals surface area (Å²) in [6.07, 6.45) is 5.92. The van der Waals surface area contributed by atoms with Gasteiger partial charge in [0.15, 0.2) is 0 Å². The molecule has 2 saturated heterocycles. The molecule has 6 heteroatoms. The Balaban J connectivity index is 1.41. The third-order valence-electron chi connectivity index (χ3n) is 5.34. The summed E-state index contributed by atoms with van der Waals surface area (Å²) in [7, 11) is 0. The van der Waals surface area contributed by atoms with Crippen LogP contribution in [0, 0.1) is 11.8 Å². The van der Waals surface area contributed by atoms with Gasteiger partial charge in [0.05, 0.1) is 10.2 Å². The van der Waals surface area contributed by atoms with Crippen LogP contribution >= 0.6 is 11.3 Å². The van der Waals surface area contributed by atoms with Gasteiger partial charge in [0.1, 0.15) is 12.1 Å². The van der Waals surface area contributed by atoms with Crippen LogP contribution in [0.3, 0.4) is 0 Å². The van der Waals surface area contributed by atoms with E-state index in [-0.39, 0.29) is 5.92 Å². The van der Waals surface area contributed by atoms with Gasteiger partial charge >= 0.3 is 0 Å². The molecule has 2 fully saturated rings. The fourth-order valence-corrected chi connectivity index (χ4v) is 4.85. The smallest absolute Gasteiger partial charge is 0.225 e. The lowest BCUT2D eigenvalue weighted by Crippen LogP contribution is -2.46. The molecule has 1 amide bonds. The summed E-state index contributed by atoms with van der Waals surface area (Å²) in [5.74, 6) is 2.25. The largest absolute Gasteiger partial charge is 0.355 e. The topological polar surface area (TPSA) is 49.3 Å². The van der Waals surface area contributed by atoms with Crippen LogP contribution in [-0.2, 0) is 4.79 Å². The average molecular weight is 344 g/mol. The van der Waals surface area contributed by atoms with Gasteiger partial charge in [-0.1, -0.05) is 6.92 Å². The molecule has 2 aliphatic rings. The minimum Gasteiger partial charge on any atom is -0.355 e. The van der Waals surface area contributed by atoms with E-state index >= 15 is 0 Å². The zero-order chi connectivity index (χ0) is 16.5. The van der Waals surface area contributed by atoms with Crippen LogP contribution < -0.4 is 4.90 Å². The molecule has 1 unspecified atom stereocenters. The van der Waals surface area contributed by atoms with E-state index in [9.17, 15) is 4.79 Å². The van der Waals surface area contributed by atoms with E-state index in [1.54, 1.807) is 17.7 Å². The second-order valence-electron chi connectivity index (χ2n) is 7.13. The molecule has 4 rings (SSSR count). The SMILES string of the molecule is CC1CCCN(C(=O)C2CCN(c3ncnc4ccsc34)CC2)C1. The van der Waals surface area contributed by atoms with Crippen LogP contribution in [0.5, 0.6) is 0 Å². The lowest BCUT2D eigenvalue weighted by atomic mass is 9.93. The summed E-state index contributed by atoms with van der Waals surface area (Å²) in [4.78, 5) is 26.0. The first-order valence-electron chi connectivity index (χ1n) is 8.94. The van der Waals surface area contributed by atoms with Gasteiger partial charge in [0.25, 0.3) is 0 Å². The summed E-state index contributed by atoms with van der Waals surface area (Å²) < 4.78 is 1.16. The van der Waals surface area contributed by atoms with Crippen molar-refractivity contribution in [1.82, 2.24) is 14.9 Å². The van der Waals surface area contributed by atoms with Crippen molar-refractivity contribution < 1.29 is 4.79 Å². The van der Waals surface area contributed by atoms with E-state index < -0.39 is 0 Å². The van der Waals surface area contributed by atoms with Gasteiger partial charge in [-0.05, 0) is 43.0 Å². The van der Waals surface area contributed by atoms with Crippen molar-refractivity contribution in [2.75, 3.05) is 31.1 Å². The third kappa shape index (κ3) is 2.99. The maximum Gasteiger partial charge on any atom is 0.225 e. The normalized spacial score (nSPS) is 23.0. The number of nitrogens with zero attached hydrogens (tertiary/aromatic N) is 4. The van der Waals surface area contributed by atoms with Gasteiger partial charge in [-0.2, -0.15) is 0 Å². The monoisotopic (exact) mass is 344 g/mol. The molecule has 24 heavy (non-hydrogen) atoms. The lowest BCUT2D eigenvalue weighted by molar-refractivity contribution is -0.137. The number of carbonyl (C=O) groups is 1. The minimum absolute atomic E-state index is 0.187. The number of likely N-dealkylation sites (tertiary alicyclic amines) is 1. The predicted octanol–water partition coefficient (Wildman–Crippen LogP) is 3.17. The molecule has 1 atom stereocenters. The number of fused-ring (bicyclic) bond motifs is 1. The molecule has 0 aliphatic carbocycles. The fourth-order valence-electron chi connectivity index (χ4n) is 3.99. The standard InChI is InChI=1S/C18H24N4OS/c1-13-3-2-7-22(11-13)18(23)14-4-8-21(9-5-14)17-16-15(6-10-24-16)19-12-20-17/h6,10,12-14H,2-5,7-9,11H2,1H3. The van der Waals surface area contributed by atoms with Crippen LogP contribution in [0.4, 0.5) is 5.82 Å². The number of aromatic nitrogens is 2. The van der Waals surface area contributed by atoms with Crippen molar-refractivity contribution in [3.8, 4) is 0 Å². The number of piperidine rings is 2. The Bertz CT molecular complexity index is 723. The van der Waals surface area contributed by atoms with Crippen LogP contribution in [0.2, 0.25) is 0 Å². The molecular formula is C18H24N4OS. The molecule has 4 heterocycles. The van der Waals surface area contributed by atoms with Crippen LogP contribution in [0.25, 0.3) is 10.2 Å². The first-order chi connectivity index (χ1) is 11.7. The fraction of sp³-hybridized carbons (Fsp3) is 0.611. The van der Waals surface area contributed by atoms with Crippen molar-refractivity contribution >= 4 is 33.3 Å². The molecule has 0 bridgehead atoms. The van der Waals surface area contributed by atoms with E-state index in [0.717, 1.165) is 61.5 Å². The number of amides is 1. The van der Waals surface area contributed by atoms with Gasteiger partial charge in [-0.3, -0.25) is 4.79 Å². The zero-order valence-corrected chi connectivity index (χ0v) is 15.0. The molecule has 0 radical (unpaired) electrons. The van der Waals surface area contributed by atoms with Crippen molar-refractivity contribution in [3.63, 3.8) is 0 Å². The molecule has 0 N–H and O–H groups in total. The van der Waals surface area contributed by atoms with E-state index in [1.165, 1.54) is 6.42 Å². The van der Waals surface area contributed by atoms with Crippen LogP contribution in [0.15, 0.2) is 17.8 Å². The molecule has 2 aliphatic heterocycles. The molecule has 0 aromatic carbocycles. The molecule has 0 spiro atoms. The second-order valence-corrected chi connectivity index (χ2v) is 8.04. The van der Waals surface area contributed by atoms with E-state index in [0.29, 0.717) is 11.8 Å². The summed E-state index contributed by atoms with van der Waals surface area (Å²) in [5, 5.41) is 2.07. The van der Waals surface area contributed by atoms with Crippen molar-refractivity contribution in [2.45, 2.75) is 32.6 Å². The minimum atomic E-state index is 0.187. The Labute approximate surface area is 146 Å². The maximum atomic E-state index is 12.8. The Morgan fingerprint density at radius 2 is 2.04 bits per heavy atom. The van der Waals surface area contributed by atoms with Gasteiger partial charge in [0, 0.05) is 32.1 Å². The van der Waals surface area contributed by atoms with E-state index in [1.807, 2.05) is 6.07 Å². The number of anilines is 1. The maximum absolute atomic E-state index is 12.8. The number of rotatable bonds is 2. The highest BCUT2D eigenvalue weighted by atomic mass is 32.1. The van der Waals surface area contributed by atoms with Gasteiger partial charge in [-0.15, -0.1) is 11.3 Å². The molecular weight excluding hydrogens is 320 g/mol. The Kier molecular flexibility index (Phi) is 4.39. The second kappa shape index (κ2) is 6.67. The van der Waals surface area contributed by atoms with Gasteiger partial charge in [-0.25, -0.2) is 9.97 Å². The predicted molar refractivity (Wildman–Crippen MR) is 97.3 cm³/mol. The molecule has 2 aromatic heterocycles. The highest BCUT2D eigenvalue weighted by Crippen LogP contribution is 2.31. The van der Waals surface area contributed by atoms with Crippen molar-refractivity contribution in [2.24, 2.45) is 11.8 Å². The summed E-state index contributed by atoms with van der Waals surface area (Å²) in [6.45, 7) is 5.96. The first kappa shape index (κ1) is 15.8. The summed E-state index contributed by atoms with van der Waals surface area (Å²) >= 11 is 1.70. The number of carbonyl (C=O) groups excluding carboxylic acids is 1. The lowest BCUT2D eigenvalue weighted by Gasteiger charge is -2.37. The summed E-state index contributed by atoms with van der Waals surface area (Å²) in [6, 6.07) is 2.04.